The van der Waals surface area contributed by atoms with Crippen LogP contribution in [0.5, 0.6) is 0 Å². The number of carbonyl (C=O) groups excluding carboxylic acids is 2. The molecule has 0 aliphatic carbocycles. The Hall–Kier alpha value is -2.62. The molecular formula is C21H24N2O2. The average molecular weight is 336 g/mol. The van der Waals surface area contributed by atoms with Crippen LogP contribution in [0.1, 0.15) is 36.6 Å². The van der Waals surface area contributed by atoms with Crippen LogP contribution in [-0.4, -0.2) is 34.7 Å². The number of rotatable bonds is 4. The first-order chi connectivity index (χ1) is 12.1. The van der Waals surface area contributed by atoms with E-state index in [9.17, 15) is 9.59 Å². The molecule has 4 heteroatoms. The van der Waals surface area contributed by atoms with E-state index in [1.54, 1.807) is 4.90 Å². The Morgan fingerprint density at radius 3 is 2.36 bits per heavy atom. The van der Waals surface area contributed by atoms with Gasteiger partial charge >= 0.3 is 0 Å². The molecule has 2 amide bonds. The summed E-state index contributed by atoms with van der Waals surface area (Å²) in [5, 5.41) is 0. The lowest BCUT2D eigenvalue weighted by atomic mass is 10.00. The summed E-state index contributed by atoms with van der Waals surface area (Å²) in [5.41, 5.74) is 3.55. The summed E-state index contributed by atoms with van der Waals surface area (Å²) < 4.78 is 0. The fourth-order valence-corrected chi connectivity index (χ4v) is 3.39. The maximum absolute atomic E-state index is 12.8. The molecule has 0 bridgehead atoms. The predicted molar refractivity (Wildman–Crippen MR) is 97.8 cm³/mol. The van der Waals surface area contributed by atoms with Gasteiger partial charge in [-0.25, -0.2) is 0 Å². The lowest BCUT2D eigenvalue weighted by Gasteiger charge is -2.33. The highest BCUT2D eigenvalue weighted by atomic mass is 16.2. The highest BCUT2D eigenvalue weighted by molar-refractivity contribution is 5.84. The van der Waals surface area contributed by atoms with Gasteiger partial charge in [-0.05, 0) is 30.0 Å². The molecule has 1 unspecified atom stereocenters. The van der Waals surface area contributed by atoms with Crippen molar-refractivity contribution in [3.8, 4) is 0 Å². The van der Waals surface area contributed by atoms with Crippen molar-refractivity contribution in [3.05, 3.63) is 71.3 Å². The second-order valence-corrected chi connectivity index (χ2v) is 6.57. The van der Waals surface area contributed by atoms with Gasteiger partial charge in [0.25, 0.3) is 0 Å². The van der Waals surface area contributed by atoms with E-state index in [1.807, 2.05) is 54.3 Å². The number of nitrogens with zero attached hydrogens (tertiary/aromatic N) is 2. The molecule has 2 aromatic carbocycles. The third-order valence-corrected chi connectivity index (χ3v) is 4.94. The topological polar surface area (TPSA) is 40.6 Å². The Morgan fingerprint density at radius 1 is 1.04 bits per heavy atom. The van der Waals surface area contributed by atoms with E-state index in [0.29, 0.717) is 13.1 Å². The average Bonchev–Trinajstić information content (AvgIpc) is 2.65. The molecule has 0 N–H and O–H groups in total. The summed E-state index contributed by atoms with van der Waals surface area (Å²) >= 11 is 0. The van der Waals surface area contributed by atoms with Gasteiger partial charge in [0.05, 0.1) is 6.04 Å². The van der Waals surface area contributed by atoms with Crippen molar-refractivity contribution >= 4 is 11.8 Å². The highest BCUT2D eigenvalue weighted by Crippen LogP contribution is 2.22. The molecule has 0 spiro atoms. The van der Waals surface area contributed by atoms with Crippen LogP contribution in [-0.2, 0) is 22.6 Å². The SMILES string of the molecule is CC(=O)N(CC(=O)N1CCc2ccccc2C1)C(C)c1ccccc1. The van der Waals surface area contributed by atoms with Crippen LogP contribution in [0.15, 0.2) is 54.6 Å². The van der Waals surface area contributed by atoms with E-state index in [-0.39, 0.29) is 24.4 Å². The Balaban J connectivity index is 1.71. The fraction of sp³-hybridized carbons (Fsp3) is 0.333. The number of hydrogen-bond donors (Lipinski definition) is 0. The van der Waals surface area contributed by atoms with Crippen LogP contribution >= 0.6 is 0 Å². The first kappa shape index (κ1) is 17.2. The molecular weight excluding hydrogens is 312 g/mol. The summed E-state index contributed by atoms with van der Waals surface area (Å²) in [6.45, 7) is 4.95. The largest absolute Gasteiger partial charge is 0.336 e. The number of carbonyl (C=O) groups is 2. The first-order valence-corrected chi connectivity index (χ1v) is 8.73. The zero-order chi connectivity index (χ0) is 17.8. The Labute approximate surface area is 149 Å². The van der Waals surface area contributed by atoms with Crippen LogP contribution in [0.4, 0.5) is 0 Å². The number of hydrogen-bond acceptors (Lipinski definition) is 2. The molecule has 1 heterocycles. The second-order valence-electron chi connectivity index (χ2n) is 6.57. The molecule has 0 saturated carbocycles. The van der Waals surface area contributed by atoms with Gasteiger partial charge in [-0.1, -0.05) is 54.6 Å². The van der Waals surface area contributed by atoms with E-state index < -0.39 is 0 Å². The third-order valence-electron chi connectivity index (χ3n) is 4.94. The van der Waals surface area contributed by atoms with Gasteiger partial charge in [0.15, 0.2) is 0 Å². The maximum atomic E-state index is 12.8. The lowest BCUT2D eigenvalue weighted by molar-refractivity contribution is -0.141. The maximum Gasteiger partial charge on any atom is 0.242 e. The smallest absolute Gasteiger partial charge is 0.242 e. The van der Waals surface area contributed by atoms with Gasteiger partial charge in [-0.3, -0.25) is 9.59 Å². The first-order valence-electron chi connectivity index (χ1n) is 8.73. The van der Waals surface area contributed by atoms with Crippen LogP contribution in [0, 0.1) is 0 Å². The minimum absolute atomic E-state index is 0.00693. The van der Waals surface area contributed by atoms with Crippen molar-refractivity contribution in [3.63, 3.8) is 0 Å². The van der Waals surface area contributed by atoms with Gasteiger partial charge in [0.1, 0.15) is 6.54 Å². The number of amides is 2. The minimum Gasteiger partial charge on any atom is -0.336 e. The van der Waals surface area contributed by atoms with Gasteiger partial charge in [-0.2, -0.15) is 0 Å². The van der Waals surface area contributed by atoms with Crippen LogP contribution in [0.3, 0.4) is 0 Å². The highest BCUT2D eigenvalue weighted by Gasteiger charge is 2.26. The van der Waals surface area contributed by atoms with E-state index in [2.05, 4.69) is 12.1 Å². The molecule has 3 rings (SSSR count). The molecule has 0 saturated heterocycles. The summed E-state index contributed by atoms with van der Waals surface area (Å²) in [4.78, 5) is 28.4. The second kappa shape index (κ2) is 7.51. The van der Waals surface area contributed by atoms with Crippen molar-refractivity contribution in [2.75, 3.05) is 13.1 Å². The summed E-state index contributed by atoms with van der Waals surface area (Å²) in [7, 11) is 0. The van der Waals surface area contributed by atoms with Crippen molar-refractivity contribution in [1.29, 1.82) is 0 Å². The third kappa shape index (κ3) is 3.90. The van der Waals surface area contributed by atoms with Gasteiger partial charge < -0.3 is 9.80 Å². The van der Waals surface area contributed by atoms with Crippen LogP contribution in [0.25, 0.3) is 0 Å². The summed E-state index contributed by atoms with van der Waals surface area (Å²) in [6.07, 6.45) is 0.871. The number of benzene rings is 2. The molecule has 0 aromatic heterocycles. The molecule has 1 aliphatic heterocycles. The zero-order valence-corrected chi connectivity index (χ0v) is 14.8. The lowest BCUT2D eigenvalue weighted by Crippen LogP contribution is -2.44. The molecule has 25 heavy (non-hydrogen) atoms. The van der Waals surface area contributed by atoms with E-state index >= 15 is 0 Å². The molecule has 4 nitrogen and oxygen atoms in total. The molecule has 2 aromatic rings. The van der Waals surface area contributed by atoms with Crippen molar-refractivity contribution in [1.82, 2.24) is 9.80 Å². The van der Waals surface area contributed by atoms with Crippen LogP contribution in [0.2, 0.25) is 0 Å². The molecule has 0 radical (unpaired) electrons. The van der Waals surface area contributed by atoms with Crippen molar-refractivity contribution < 1.29 is 9.59 Å². The van der Waals surface area contributed by atoms with Gasteiger partial charge in [0.2, 0.25) is 11.8 Å². The Bertz CT molecular complexity index is 758. The van der Waals surface area contributed by atoms with Crippen LogP contribution < -0.4 is 0 Å². The Morgan fingerprint density at radius 2 is 1.68 bits per heavy atom. The van der Waals surface area contributed by atoms with E-state index in [4.69, 9.17) is 0 Å². The predicted octanol–water partition coefficient (Wildman–Crippen LogP) is 3.18. The fourth-order valence-electron chi connectivity index (χ4n) is 3.39. The minimum atomic E-state index is -0.125. The van der Waals surface area contributed by atoms with Gasteiger partial charge in [-0.15, -0.1) is 0 Å². The van der Waals surface area contributed by atoms with Crippen molar-refractivity contribution in [2.45, 2.75) is 32.9 Å². The number of fused-ring (bicyclic) bond motifs is 1. The van der Waals surface area contributed by atoms with E-state index in [1.165, 1.54) is 18.1 Å². The summed E-state index contributed by atoms with van der Waals surface area (Å²) in [6, 6.07) is 17.9. The quantitative estimate of drug-likeness (QED) is 0.860. The van der Waals surface area contributed by atoms with Crippen molar-refractivity contribution in [2.24, 2.45) is 0 Å². The molecule has 0 fully saturated rings. The summed E-state index contributed by atoms with van der Waals surface area (Å²) in [5.74, 6) is -0.0744. The standard InChI is InChI=1S/C21H24N2O2/c1-16(18-8-4-3-5-9-18)23(17(2)24)15-21(25)22-13-12-19-10-6-7-11-20(19)14-22/h3-11,16H,12-15H2,1-2H3. The Kier molecular flexibility index (Phi) is 5.17. The molecule has 130 valence electrons. The normalized spacial score (nSPS) is 14.6. The molecule has 1 atom stereocenters. The molecule has 1 aliphatic rings. The zero-order valence-electron chi connectivity index (χ0n) is 14.8. The van der Waals surface area contributed by atoms with E-state index in [0.717, 1.165) is 12.0 Å². The monoisotopic (exact) mass is 336 g/mol. The van der Waals surface area contributed by atoms with Gasteiger partial charge in [0, 0.05) is 20.0 Å².